The number of esters is 1. The summed E-state index contributed by atoms with van der Waals surface area (Å²) in [6.45, 7) is 3.21. The summed E-state index contributed by atoms with van der Waals surface area (Å²) in [6, 6.07) is 0. The smallest absolute Gasteiger partial charge is 0.310 e. The number of carbonyl (C=O) groups excluding carboxylic acids is 2. The van der Waals surface area contributed by atoms with Crippen molar-refractivity contribution in [2.24, 2.45) is 5.92 Å². The number of hydrogen-bond donors (Lipinski definition) is 1. The lowest BCUT2D eigenvalue weighted by Gasteiger charge is -2.37. The summed E-state index contributed by atoms with van der Waals surface area (Å²) in [4.78, 5) is 33.9. The molecule has 1 aliphatic carbocycles. The number of aliphatic carboxylic acids is 1. The molecule has 1 fully saturated rings. The SMILES string of the molecule is CC(=O)SC[C@@H](C)C(=O)OC1(CCC(=O)O)CCCCC1. The Hall–Kier alpha value is -1.04. The van der Waals surface area contributed by atoms with Crippen LogP contribution in [0.3, 0.4) is 0 Å². The van der Waals surface area contributed by atoms with E-state index in [2.05, 4.69) is 0 Å². The highest BCUT2D eigenvalue weighted by Gasteiger charge is 2.37. The van der Waals surface area contributed by atoms with E-state index in [4.69, 9.17) is 9.84 Å². The molecule has 0 aromatic carbocycles. The number of thioether (sulfide) groups is 1. The molecule has 1 rings (SSSR count). The Kier molecular flexibility index (Phi) is 7.22. The van der Waals surface area contributed by atoms with Crippen LogP contribution in [0.25, 0.3) is 0 Å². The minimum absolute atomic E-state index is 0.0177. The summed E-state index contributed by atoms with van der Waals surface area (Å²) in [7, 11) is 0. The normalized spacial score (nSPS) is 18.8. The molecule has 0 bridgehead atoms. The largest absolute Gasteiger partial charge is 0.481 e. The second-order valence-electron chi connectivity index (χ2n) is 5.76. The van der Waals surface area contributed by atoms with Gasteiger partial charge in [0.1, 0.15) is 5.60 Å². The zero-order valence-electron chi connectivity index (χ0n) is 12.7. The van der Waals surface area contributed by atoms with Crippen molar-refractivity contribution < 1.29 is 24.2 Å². The van der Waals surface area contributed by atoms with Crippen molar-refractivity contribution in [2.75, 3.05) is 5.75 Å². The van der Waals surface area contributed by atoms with E-state index in [0.717, 1.165) is 43.9 Å². The molecule has 0 radical (unpaired) electrons. The average Bonchev–Trinajstić information content (AvgIpc) is 2.43. The second kappa shape index (κ2) is 8.41. The van der Waals surface area contributed by atoms with Crippen LogP contribution < -0.4 is 0 Å². The van der Waals surface area contributed by atoms with Crippen LogP contribution in [0.5, 0.6) is 0 Å². The number of carboxylic acid groups (broad SMARTS) is 1. The maximum Gasteiger partial charge on any atom is 0.310 e. The molecule has 6 heteroatoms. The summed E-state index contributed by atoms with van der Waals surface area (Å²) in [5, 5.41) is 8.85. The van der Waals surface area contributed by atoms with Gasteiger partial charge in [0.25, 0.3) is 0 Å². The van der Waals surface area contributed by atoms with E-state index in [0.29, 0.717) is 12.2 Å². The minimum Gasteiger partial charge on any atom is -0.481 e. The molecule has 21 heavy (non-hydrogen) atoms. The molecular weight excluding hydrogens is 292 g/mol. The molecule has 0 heterocycles. The van der Waals surface area contributed by atoms with Gasteiger partial charge in [0.2, 0.25) is 0 Å². The van der Waals surface area contributed by atoms with Crippen molar-refractivity contribution >= 4 is 28.8 Å². The fraction of sp³-hybridized carbons (Fsp3) is 0.800. The lowest BCUT2D eigenvalue weighted by atomic mass is 9.81. The third-order valence-electron chi connectivity index (χ3n) is 3.82. The van der Waals surface area contributed by atoms with Gasteiger partial charge in [-0.2, -0.15) is 0 Å². The van der Waals surface area contributed by atoms with Gasteiger partial charge < -0.3 is 9.84 Å². The van der Waals surface area contributed by atoms with E-state index in [1.807, 2.05) is 0 Å². The molecule has 0 aliphatic heterocycles. The van der Waals surface area contributed by atoms with Gasteiger partial charge in [0.15, 0.2) is 5.12 Å². The van der Waals surface area contributed by atoms with Gasteiger partial charge in [0.05, 0.1) is 5.92 Å². The van der Waals surface area contributed by atoms with Crippen molar-refractivity contribution in [3.8, 4) is 0 Å². The standard InChI is InChI=1S/C15H24O5S/c1-11(10-21-12(2)16)14(19)20-15(9-6-13(17)18)7-4-3-5-8-15/h11H,3-10H2,1-2H3,(H,17,18)/t11-/m1/s1. The Labute approximate surface area is 129 Å². The first-order valence-corrected chi connectivity index (χ1v) is 8.41. The Balaban J connectivity index is 2.60. The van der Waals surface area contributed by atoms with E-state index >= 15 is 0 Å². The zero-order chi connectivity index (χ0) is 15.9. The van der Waals surface area contributed by atoms with Gasteiger partial charge in [-0.1, -0.05) is 25.1 Å². The predicted octanol–water partition coefficient (Wildman–Crippen LogP) is 3.01. The van der Waals surface area contributed by atoms with Gasteiger partial charge in [-0.15, -0.1) is 0 Å². The molecule has 0 aromatic rings. The van der Waals surface area contributed by atoms with E-state index in [1.165, 1.54) is 6.92 Å². The molecule has 5 nitrogen and oxygen atoms in total. The van der Waals surface area contributed by atoms with Crippen LogP contribution >= 0.6 is 11.8 Å². The zero-order valence-corrected chi connectivity index (χ0v) is 13.5. The quantitative estimate of drug-likeness (QED) is 0.727. The highest BCUT2D eigenvalue weighted by molar-refractivity contribution is 8.13. The molecule has 1 N–H and O–H groups in total. The van der Waals surface area contributed by atoms with Gasteiger partial charge >= 0.3 is 11.9 Å². The van der Waals surface area contributed by atoms with Crippen molar-refractivity contribution in [3.05, 3.63) is 0 Å². The molecule has 0 saturated heterocycles. The Bertz CT molecular complexity index is 388. The third kappa shape index (κ3) is 6.50. The summed E-state index contributed by atoms with van der Waals surface area (Å²) in [6.07, 6.45) is 4.89. The van der Waals surface area contributed by atoms with Crippen molar-refractivity contribution in [2.45, 2.75) is 64.4 Å². The van der Waals surface area contributed by atoms with E-state index in [9.17, 15) is 14.4 Å². The molecule has 0 amide bonds. The van der Waals surface area contributed by atoms with E-state index in [1.54, 1.807) is 6.92 Å². The van der Waals surface area contributed by atoms with Crippen LogP contribution in [0.4, 0.5) is 0 Å². The predicted molar refractivity (Wildman–Crippen MR) is 81.1 cm³/mol. The number of hydrogen-bond acceptors (Lipinski definition) is 5. The number of ether oxygens (including phenoxy) is 1. The Morgan fingerprint density at radius 1 is 1.24 bits per heavy atom. The molecule has 1 saturated carbocycles. The molecule has 0 spiro atoms. The number of carboxylic acids is 1. The molecule has 0 unspecified atom stereocenters. The second-order valence-corrected chi connectivity index (χ2v) is 6.96. The van der Waals surface area contributed by atoms with Gasteiger partial charge in [-0.25, -0.2) is 0 Å². The van der Waals surface area contributed by atoms with Crippen LogP contribution in [0.2, 0.25) is 0 Å². The maximum absolute atomic E-state index is 12.2. The lowest BCUT2D eigenvalue weighted by molar-refractivity contribution is -0.169. The average molecular weight is 316 g/mol. The minimum atomic E-state index is -0.865. The van der Waals surface area contributed by atoms with E-state index < -0.39 is 11.6 Å². The maximum atomic E-state index is 12.2. The molecule has 0 aromatic heterocycles. The van der Waals surface area contributed by atoms with Crippen LogP contribution in [-0.2, 0) is 19.1 Å². The van der Waals surface area contributed by atoms with E-state index in [-0.39, 0.29) is 23.4 Å². The Morgan fingerprint density at radius 3 is 2.38 bits per heavy atom. The lowest BCUT2D eigenvalue weighted by Crippen LogP contribution is -2.39. The highest BCUT2D eigenvalue weighted by Crippen LogP contribution is 2.36. The topological polar surface area (TPSA) is 80.7 Å². The third-order valence-corrected chi connectivity index (χ3v) is 4.89. The van der Waals surface area contributed by atoms with Crippen molar-refractivity contribution in [1.82, 2.24) is 0 Å². The van der Waals surface area contributed by atoms with Crippen molar-refractivity contribution in [1.29, 1.82) is 0 Å². The molecule has 1 atom stereocenters. The van der Waals surface area contributed by atoms with Crippen LogP contribution in [0, 0.1) is 5.92 Å². The first kappa shape index (κ1) is 18.0. The molecular formula is C15H24O5S. The monoisotopic (exact) mass is 316 g/mol. The van der Waals surface area contributed by atoms with Crippen LogP contribution in [0.15, 0.2) is 0 Å². The van der Waals surface area contributed by atoms with Gasteiger partial charge in [-0.05, 0) is 32.1 Å². The summed E-state index contributed by atoms with van der Waals surface area (Å²) in [5.74, 6) is -1.14. The van der Waals surface area contributed by atoms with Gasteiger partial charge in [0, 0.05) is 19.1 Å². The molecule has 120 valence electrons. The van der Waals surface area contributed by atoms with Crippen molar-refractivity contribution in [3.63, 3.8) is 0 Å². The van der Waals surface area contributed by atoms with Crippen LogP contribution in [-0.4, -0.2) is 33.5 Å². The Morgan fingerprint density at radius 2 is 1.86 bits per heavy atom. The van der Waals surface area contributed by atoms with Crippen LogP contribution in [0.1, 0.15) is 58.8 Å². The summed E-state index contributed by atoms with van der Waals surface area (Å²) < 4.78 is 5.70. The first-order chi connectivity index (χ1) is 9.84. The summed E-state index contributed by atoms with van der Waals surface area (Å²) in [5.41, 5.74) is -0.622. The highest BCUT2D eigenvalue weighted by atomic mass is 32.2. The fourth-order valence-corrected chi connectivity index (χ4v) is 3.18. The first-order valence-electron chi connectivity index (χ1n) is 7.43. The number of rotatable bonds is 7. The summed E-state index contributed by atoms with van der Waals surface area (Å²) >= 11 is 1.11. The fourth-order valence-electron chi connectivity index (χ4n) is 2.56. The van der Waals surface area contributed by atoms with Gasteiger partial charge in [-0.3, -0.25) is 14.4 Å². The number of carbonyl (C=O) groups is 3. The molecule has 1 aliphatic rings.